The van der Waals surface area contributed by atoms with Gasteiger partial charge in [-0.3, -0.25) is 0 Å². The number of aliphatic hydroxyl groups is 1. The van der Waals surface area contributed by atoms with Crippen molar-refractivity contribution >= 4 is 29.9 Å². The highest BCUT2D eigenvalue weighted by atomic mass is 32.2. The summed E-state index contributed by atoms with van der Waals surface area (Å²) in [6.07, 6.45) is -1.14. The summed E-state index contributed by atoms with van der Waals surface area (Å²) < 4.78 is 15.5. The monoisotopic (exact) mass is 510 g/mol. The lowest BCUT2D eigenvalue weighted by Gasteiger charge is -2.14. The standard InChI is InChI=1S/C20H20O6S.C7H6O2/c21-18(15-9-5-2-6-10-15)24-13-16-11-17(19(22)27-16)26-20(23)25-12-14-7-3-1-4-8-14;8-7(9)6-4-2-1-3-5-6/h1-10,16-17,19,22H,11-13H2;1-5H,(H,8,9)/t16-,17+,19?;/m1./s1. The minimum atomic E-state index is -0.880. The van der Waals surface area contributed by atoms with Crippen molar-refractivity contribution < 1.29 is 38.8 Å². The first kappa shape index (κ1) is 26.8. The lowest BCUT2D eigenvalue weighted by molar-refractivity contribution is -0.00873. The fourth-order valence-electron chi connectivity index (χ4n) is 3.21. The van der Waals surface area contributed by atoms with Gasteiger partial charge in [0.25, 0.3) is 0 Å². The number of rotatable bonds is 7. The summed E-state index contributed by atoms with van der Waals surface area (Å²) in [5.74, 6) is -1.30. The summed E-state index contributed by atoms with van der Waals surface area (Å²) in [6, 6.07) is 26.2. The molecular formula is C27H26O8S. The molecule has 0 spiro atoms. The Morgan fingerprint density at radius 1 is 0.806 bits per heavy atom. The van der Waals surface area contributed by atoms with Gasteiger partial charge >= 0.3 is 18.1 Å². The zero-order valence-electron chi connectivity index (χ0n) is 19.3. The van der Waals surface area contributed by atoms with Crippen molar-refractivity contribution in [2.75, 3.05) is 6.61 Å². The van der Waals surface area contributed by atoms with Crippen molar-refractivity contribution in [3.05, 3.63) is 108 Å². The predicted molar refractivity (Wildman–Crippen MR) is 134 cm³/mol. The van der Waals surface area contributed by atoms with Crippen molar-refractivity contribution in [2.24, 2.45) is 0 Å². The van der Waals surface area contributed by atoms with Gasteiger partial charge < -0.3 is 24.4 Å². The number of aromatic carboxylic acids is 1. The molecular weight excluding hydrogens is 484 g/mol. The zero-order valence-corrected chi connectivity index (χ0v) is 20.1. The molecule has 3 atom stereocenters. The van der Waals surface area contributed by atoms with Crippen LogP contribution in [0.15, 0.2) is 91.0 Å². The highest BCUT2D eigenvalue weighted by Gasteiger charge is 2.37. The largest absolute Gasteiger partial charge is 0.509 e. The zero-order chi connectivity index (χ0) is 25.8. The number of carboxylic acid groups (broad SMARTS) is 1. The van der Waals surface area contributed by atoms with Crippen LogP contribution >= 0.6 is 11.8 Å². The van der Waals surface area contributed by atoms with E-state index in [0.29, 0.717) is 17.5 Å². The minimum Gasteiger partial charge on any atom is -0.478 e. The van der Waals surface area contributed by atoms with E-state index >= 15 is 0 Å². The van der Waals surface area contributed by atoms with E-state index in [1.165, 1.54) is 11.8 Å². The Bertz CT molecular complexity index is 1110. The molecule has 188 valence electrons. The summed E-state index contributed by atoms with van der Waals surface area (Å²) in [7, 11) is 0. The molecule has 1 unspecified atom stereocenters. The number of hydrogen-bond donors (Lipinski definition) is 2. The number of aliphatic hydroxyl groups excluding tert-OH is 1. The molecule has 0 aliphatic carbocycles. The summed E-state index contributed by atoms with van der Waals surface area (Å²) in [5, 5.41) is 18.3. The average Bonchev–Trinajstić information content (AvgIpc) is 3.26. The quantitative estimate of drug-likeness (QED) is 0.433. The number of hydrogen-bond acceptors (Lipinski definition) is 8. The molecule has 3 aromatic rings. The molecule has 0 bridgehead atoms. The van der Waals surface area contributed by atoms with Crippen molar-refractivity contribution in [3.8, 4) is 0 Å². The van der Waals surface area contributed by atoms with E-state index in [2.05, 4.69) is 0 Å². The first-order valence-corrected chi connectivity index (χ1v) is 12.1. The lowest BCUT2D eigenvalue weighted by Crippen LogP contribution is -2.25. The molecule has 2 N–H and O–H groups in total. The molecule has 36 heavy (non-hydrogen) atoms. The van der Waals surface area contributed by atoms with Gasteiger partial charge in [0.2, 0.25) is 0 Å². The van der Waals surface area contributed by atoms with E-state index in [1.54, 1.807) is 54.6 Å². The number of thioether (sulfide) groups is 1. The second kappa shape index (κ2) is 13.9. The van der Waals surface area contributed by atoms with E-state index < -0.39 is 29.6 Å². The maximum atomic E-state index is 12.0. The van der Waals surface area contributed by atoms with Gasteiger partial charge in [0, 0.05) is 11.7 Å². The average molecular weight is 511 g/mol. The van der Waals surface area contributed by atoms with Crippen LogP contribution in [0.2, 0.25) is 0 Å². The smallest absolute Gasteiger partial charge is 0.478 e. The Labute approximate surface area is 212 Å². The van der Waals surface area contributed by atoms with Crippen LogP contribution in [0.4, 0.5) is 4.79 Å². The van der Waals surface area contributed by atoms with Gasteiger partial charge in [0.15, 0.2) is 0 Å². The van der Waals surface area contributed by atoms with Crippen LogP contribution in [0, 0.1) is 0 Å². The number of carboxylic acids is 1. The second-order valence-corrected chi connectivity index (χ2v) is 9.12. The van der Waals surface area contributed by atoms with Crippen LogP contribution in [0.25, 0.3) is 0 Å². The van der Waals surface area contributed by atoms with Gasteiger partial charge in [0.05, 0.1) is 11.1 Å². The SMILES string of the molecule is O=C(O)c1ccccc1.O=C(OCc1ccccc1)O[C@H]1C[C@H](COC(=O)c2ccccc2)SC1O. The third kappa shape index (κ3) is 8.75. The summed E-state index contributed by atoms with van der Waals surface area (Å²) in [4.78, 5) is 34.0. The predicted octanol–water partition coefficient (Wildman–Crippen LogP) is 4.77. The van der Waals surface area contributed by atoms with E-state index in [0.717, 1.165) is 5.56 Å². The molecule has 3 aromatic carbocycles. The molecule has 1 fully saturated rings. The molecule has 1 aliphatic rings. The number of ether oxygens (including phenoxy) is 3. The first-order valence-electron chi connectivity index (χ1n) is 11.1. The Balaban J connectivity index is 0.000000338. The van der Waals surface area contributed by atoms with Crippen molar-refractivity contribution in [2.45, 2.75) is 29.8 Å². The Kier molecular flexibility index (Phi) is 10.3. The number of carbonyl (C=O) groups is 3. The number of esters is 1. The molecule has 4 rings (SSSR count). The van der Waals surface area contributed by atoms with E-state index in [1.807, 2.05) is 36.4 Å². The maximum Gasteiger partial charge on any atom is 0.509 e. The third-order valence-corrected chi connectivity index (χ3v) is 6.32. The molecule has 1 aliphatic heterocycles. The third-order valence-electron chi connectivity index (χ3n) is 5.02. The Morgan fingerprint density at radius 3 is 1.92 bits per heavy atom. The van der Waals surface area contributed by atoms with Crippen LogP contribution in [-0.2, 0) is 20.8 Å². The van der Waals surface area contributed by atoms with Gasteiger partial charge in [-0.15, -0.1) is 11.8 Å². The maximum absolute atomic E-state index is 12.0. The topological polar surface area (TPSA) is 119 Å². The van der Waals surface area contributed by atoms with Crippen LogP contribution in [-0.4, -0.2) is 51.7 Å². The van der Waals surface area contributed by atoms with Crippen molar-refractivity contribution in [3.63, 3.8) is 0 Å². The molecule has 0 amide bonds. The Morgan fingerprint density at radius 2 is 1.36 bits per heavy atom. The summed E-state index contributed by atoms with van der Waals surface area (Å²) in [6.45, 7) is 0.238. The van der Waals surface area contributed by atoms with Gasteiger partial charge in [-0.2, -0.15) is 0 Å². The fraction of sp³-hybridized carbons (Fsp3) is 0.222. The van der Waals surface area contributed by atoms with Crippen LogP contribution in [0.5, 0.6) is 0 Å². The second-order valence-electron chi connectivity index (χ2n) is 7.70. The van der Waals surface area contributed by atoms with Crippen LogP contribution in [0.1, 0.15) is 32.7 Å². The van der Waals surface area contributed by atoms with E-state index in [9.17, 15) is 19.5 Å². The highest BCUT2D eigenvalue weighted by molar-refractivity contribution is 8.00. The van der Waals surface area contributed by atoms with Gasteiger partial charge in [-0.05, 0) is 29.8 Å². The molecule has 0 radical (unpaired) electrons. The van der Waals surface area contributed by atoms with E-state index in [-0.39, 0.29) is 18.5 Å². The van der Waals surface area contributed by atoms with Gasteiger partial charge in [-0.1, -0.05) is 66.7 Å². The number of benzene rings is 3. The molecule has 1 saturated heterocycles. The van der Waals surface area contributed by atoms with Crippen molar-refractivity contribution in [1.82, 2.24) is 0 Å². The fourth-order valence-corrected chi connectivity index (χ4v) is 4.39. The molecule has 1 heterocycles. The number of carbonyl (C=O) groups excluding carboxylic acids is 2. The van der Waals surface area contributed by atoms with Crippen LogP contribution < -0.4 is 0 Å². The summed E-state index contributed by atoms with van der Waals surface area (Å²) >= 11 is 1.21. The molecule has 0 saturated carbocycles. The van der Waals surface area contributed by atoms with E-state index in [4.69, 9.17) is 19.3 Å². The molecule has 0 aromatic heterocycles. The van der Waals surface area contributed by atoms with Crippen LogP contribution in [0.3, 0.4) is 0 Å². The lowest BCUT2D eigenvalue weighted by atomic mass is 10.2. The summed E-state index contributed by atoms with van der Waals surface area (Å²) in [5.41, 5.74) is 0.770. The Hall–Kier alpha value is -3.82. The minimum absolute atomic E-state index is 0.105. The normalized spacial score (nSPS) is 18.3. The highest BCUT2D eigenvalue weighted by Crippen LogP contribution is 2.34. The first-order chi connectivity index (χ1) is 17.4. The molecule has 9 heteroatoms. The van der Waals surface area contributed by atoms with Crippen molar-refractivity contribution in [1.29, 1.82) is 0 Å². The van der Waals surface area contributed by atoms with Gasteiger partial charge in [-0.25, -0.2) is 14.4 Å². The van der Waals surface area contributed by atoms with Gasteiger partial charge in [0.1, 0.15) is 24.8 Å². The molecule has 8 nitrogen and oxygen atoms in total.